The van der Waals surface area contributed by atoms with Crippen molar-refractivity contribution in [2.75, 3.05) is 0 Å². The summed E-state index contributed by atoms with van der Waals surface area (Å²) in [6.07, 6.45) is 2.49. The summed E-state index contributed by atoms with van der Waals surface area (Å²) in [7, 11) is 0. The Morgan fingerprint density at radius 3 is 2.61 bits per heavy atom. The molecule has 0 radical (unpaired) electrons. The van der Waals surface area contributed by atoms with Crippen LogP contribution < -0.4 is 11.1 Å². The first-order valence-corrected chi connectivity index (χ1v) is 8.05. The molecule has 3 N–H and O–H groups in total. The third-order valence-electron chi connectivity index (χ3n) is 3.70. The van der Waals surface area contributed by atoms with E-state index in [-0.39, 0.29) is 30.7 Å². The second-order valence-electron chi connectivity index (χ2n) is 5.55. The van der Waals surface area contributed by atoms with Gasteiger partial charge in [0.15, 0.2) is 0 Å². The summed E-state index contributed by atoms with van der Waals surface area (Å²) < 4.78 is 0. The Morgan fingerprint density at radius 1 is 1.35 bits per heavy atom. The molecule has 1 aromatic heterocycles. The second kappa shape index (κ2) is 8.64. The fraction of sp³-hybridized carbons (Fsp3) is 0.375. The van der Waals surface area contributed by atoms with Gasteiger partial charge in [0.2, 0.25) is 5.91 Å². The summed E-state index contributed by atoms with van der Waals surface area (Å²) in [5.74, 6) is 0.488. The highest BCUT2D eigenvalue weighted by Crippen LogP contribution is 2.40. The van der Waals surface area contributed by atoms with Gasteiger partial charge in [0.1, 0.15) is 11.0 Å². The summed E-state index contributed by atoms with van der Waals surface area (Å²) in [5, 5.41) is 5.91. The minimum Gasteiger partial charge on any atom is -0.348 e. The van der Waals surface area contributed by atoms with E-state index in [9.17, 15) is 4.79 Å². The van der Waals surface area contributed by atoms with Gasteiger partial charge in [-0.3, -0.25) is 4.79 Å². The average molecular weight is 374 g/mol. The van der Waals surface area contributed by atoms with Gasteiger partial charge in [-0.05, 0) is 25.3 Å². The van der Waals surface area contributed by atoms with Gasteiger partial charge < -0.3 is 11.1 Å². The highest BCUT2D eigenvalue weighted by atomic mass is 35.5. The SMILES string of the molecule is Cc1ccc(C(N)C(=O)NCc2nc(C3CC3)cs2)cc1.Cl.Cl. The maximum absolute atomic E-state index is 12.1. The summed E-state index contributed by atoms with van der Waals surface area (Å²) in [5.41, 5.74) is 9.14. The van der Waals surface area contributed by atoms with E-state index in [2.05, 4.69) is 15.7 Å². The Hall–Kier alpha value is -1.14. The molecule has 1 aliphatic rings. The highest BCUT2D eigenvalue weighted by molar-refractivity contribution is 7.09. The van der Waals surface area contributed by atoms with Crippen LogP contribution in [-0.2, 0) is 11.3 Å². The number of nitrogens with zero attached hydrogens (tertiary/aromatic N) is 1. The molecule has 2 aromatic rings. The molecule has 1 amide bonds. The summed E-state index contributed by atoms with van der Waals surface area (Å²) >= 11 is 1.60. The summed E-state index contributed by atoms with van der Waals surface area (Å²) in [4.78, 5) is 16.6. The highest BCUT2D eigenvalue weighted by Gasteiger charge is 2.26. The van der Waals surface area contributed by atoms with Gasteiger partial charge in [0.25, 0.3) is 0 Å². The number of amides is 1. The topological polar surface area (TPSA) is 68.0 Å². The van der Waals surface area contributed by atoms with E-state index in [4.69, 9.17) is 5.73 Å². The molecule has 126 valence electrons. The van der Waals surface area contributed by atoms with Crippen molar-refractivity contribution >= 4 is 42.1 Å². The average Bonchev–Trinajstić information content (AvgIpc) is 3.24. The smallest absolute Gasteiger partial charge is 0.241 e. The number of carbonyl (C=O) groups is 1. The zero-order valence-electron chi connectivity index (χ0n) is 12.8. The number of nitrogens with one attached hydrogen (secondary N) is 1. The lowest BCUT2D eigenvalue weighted by atomic mass is 10.1. The first-order chi connectivity index (χ1) is 10.1. The number of hydrogen-bond acceptors (Lipinski definition) is 4. The molecule has 1 heterocycles. The number of rotatable bonds is 5. The van der Waals surface area contributed by atoms with Crippen LogP contribution in [0.25, 0.3) is 0 Å². The molecule has 4 nitrogen and oxygen atoms in total. The van der Waals surface area contributed by atoms with E-state index in [1.807, 2.05) is 31.2 Å². The number of hydrogen-bond donors (Lipinski definition) is 2. The number of halogens is 2. The van der Waals surface area contributed by atoms with Crippen LogP contribution in [0.1, 0.15) is 46.6 Å². The molecule has 1 saturated carbocycles. The Balaban J connectivity index is 0.00000132. The molecule has 1 aliphatic carbocycles. The van der Waals surface area contributed by atoms with Crippen LogP contribution in [0.2, 0.25) is 0 Å². The van der Waals surface area contributed by atoms with Crippen LogP contribution >= 0.6 is 36.2 Å². The van der Waals surface area contributed by atoms with Crippen molar-refractivity contribution in [3.8, 4) is 0 Å². The number of carbonyl (C=O) groups excluding carboxylic acids is 1. The summed E-state index contributed by atoms with van der Waals surface area (Å²) in [6, 6.07) is 7.09. The maximum Gasteiger partial charge on any atom is 0.241 e. The second-order valence-corrected chi connectivity index (χ2v) is 6.49. The van der Waals surface area contributed by atoms with E-state index >= 15 is 0 Å². The van der Waals surface area contributed by atoms with Crippen LogP contribution in [0, 0.1) is 6.92 Å². The van der Waals surface area contributed by atoms with Gasteiger partial charge in [-0.2, -0.15) is 0 Å². The summed E-state index contributed by atoms with van der Waals surface area (Å²) in [6.45, 7) is 2.46. The quantitative estimate of drug-likeness (QED) is 0.842. The first-order valence-electron chi connectivity index (χ1n) is 7.17. The van der Waals surface area contributed by atoms with Crippen molar-refractivity contribution in [1.29, 1.82) is 0 Å². The molecule has 7 heteroatoms. The molecule has 0 aliphatic heterocycles. The van der Waals surface area contributed by atoms with E-state index < -0.39 is 6.04 Å². The number of aromatic nitrogens is 1. The maximum atomic E-state index is 12.1. The molecule has 1 aromatic carbocycles. The standard InChI is InChI=1S/C16H19N3OS.2ClH/c1-10-2-4-12(5-3-10)15(17)16(20)18-8-14-19-13(9-21-14)11-6-7-11;;/h2-5,9,11,15H,6-8,17H2,1H3,(H,18,20);2*1H. The van der Waals surface area contributed by atoms with Gasteiger partial charge in [0, 0.05) is 11.3 Å². The fourth-order valence-corrected chi connectivity index (χ4v) is 2.99. The molecular formula is C16H21Cl2N3OS. The van der Waals surface area contributed by atoms with Crippen molar-refractivity contribution in [3.05, 3.63) is 51.5 Å². The molecule has 23 heavy (non-hydrogen) atoms. The van der Waals surface area contributed by atoms with Crippen molar-refractivity contribution in [1.82, 2.24) is 10.3 Å². The number of thiazole rings is 1. The monoisotopic (exact) mass is 373 g/mol. The minimum absolute atomic E-state index is 0. The fourth-order valence-electron chi connectivity index (χ4n) is 2.17. The molecular weight excluding hydrogens is 353 g/mol. The van der Waals surface area contributed by atoms with Crippen LogP contribution in [0.4, 0.5) is 0 Å². The largest absolute Gasteiger partial charge is 0.348 e. The molecule has 1 atom stereocenters. The van der Waals surface area contributed by atoms with Gasteiger partial charge in [-0.25, -0.2) is 4.98 Å². The van der Waals surface area contributed by atoms with Gasteiger partial charge >= 0.3 is 0 Å². The Morgan fingerprint density at radius 2 is 2.00 bits per heavy atom. The van der Waals surface area contributed by atoms with Crippen LogP contribution in [-0.4, -0.2) is 10.9 Å². The molecule has 3 rings (SSSR count). The molecule has 1 unspecified atom stereocenters. The Bertz CT molecular complexity index is 641. The van der Waals surface area contributed by atoms with E-state index in [1.54, 1.807) is 11.3 Å². The van der Waals surface area contributed by atoms with E-state index in [0.29, 0.717) is 12.5 Å². The lowest BCUT2D eigenvalue weighted by Crippen LogP contribution is -2.33. The van der Waals surface area contributed by atoms with E-state index in [1.165, 1.54) is 18.5 Å². The molecule has 0 bridgehead atoms. The normalized spacial score (nSPS) is 14.3. The third-order valence-corrected chi connectivity index (χ3v) is 4.56. The number of aryl methyl sites for hydroxylation is 1. The molecule has 0 saturated heterocycles. The predicted molar refractivity (Wildman–Crippen MR) is 98.5 cm³/mol. The predicted octanol–water partition coefficient (Wildman–Crippen LogP) is 3.49. The number of nitrogens with two attached hydrogens (primary N) is 1. The van der Waals surface area contributed by atoms with Gasteiger partial charge in [-0.15, -0.1) is 36.2 Å². The lowest BCUT2D eigenvalue weighted by Gasteiger charge is -2.12. The number of benzene rings is 1. The van der Waals surface area contributed by atoms with Crippen LogP contribution in [0.3, 0.4) is 0 Å². The van der Waals surface area contributed by atoms with Crippen LogP contribution in [0.5, 0.6) is 0 Å². The zero-order valence-corrected chi connectivity index (χ0v) is 15.3. The first kappa shape index (κ1) is 19.9. The van der Waals surface area contributed by atoms with Gasteiger partial charge in [0.05, 0.1) is 12.2 Å². The minimum atomic E-state index is -0.631. The van der Waals surface area contributed by atoms with Crippen LogP contribution in [0.15, 0.2) is 29.6 Å². The van der Waals surface area contributed by atoms with Gasteiger partial charge in [-0.1, -0.05) is 29.8 Å². The lowest BCUT2D eigenvalue weighted by molar-refractivity contribution is -0.122. The van der Waals surface area contributed by atoms with Crippen molar-refractivity contribution in [2.24, 2.45) is 5.73 Å². The van der Waals surface area contributed by atoms with E-state index in [0.717, 1.165) is 16.1 Å². The Kier molecular flexibility index (Phi) is 7.48. The van der Waals surface area contributed by atoms with Crippen molar-refractivity contribution in [2.45, 2.75) is 38.3 Å². The zero-order chi connectivity index (χ0) is 14.8. The third kappa shape index (κ3) is 5.18. The van der Waals surface area contributed by atoms with Crippen molar-refractivity contribution < 1.29 is 4.79 Å². The Labute approximate surface area is 152 Å². The molecule has 1 fully saturated rings. The van der Waals surface area contributed by atoms with Crippen molar-refractivity contribution in [3.63, 3.8) is 0 Å². The molecule has 0 spiro atoms.